The van der Waals surface area contributed by atoms with Crippen LogP contribution in [0.15, 0.2) is 48.5 Å². The second kappa shape index (κ2) is 10.5. The number of ether oxygens (including phenoxy) is 1. The van der Waals surface area contributed by atoms with Crippen LogP contribution in [-0.4, -0.2) is 99.2 Å². The zero-order chi connectivity index (χ0) is 25.2. The molecule has 35 heavy (non-hydrogen) atoms. The molecule has 2 aliphatic rings. The molecule has 0 spiro atoms. The number of likely N-dealkylation sites (tertiary alicyclic amines) is 1. The van der Waals surface area contributed by atoms with Crippen LogP contribution in [0.3, 0.4) is 0 Å². The Morgan fingerprint density at radius 3 is 2.37 bits per heavy atom. The van der Waals surface area contributed by atoms with Crippen molar-refractivity contribution in [3.05, 3.63) is 65.5 Å². The Morgan fingerprint density at radius 1 is 1.06 bits per heavy atom. The number of amides is 2. The molecule has 0 aliphatic carbocycles. The second-order valence-electron chi connectivity index (χ2n) is 9.31. The van der Waals surface area contributed by atoms with Crippen molar-refractivity contribution in [3.8, 4) is 5.75 Å². The Bertz CT molecular complexity index is 1140. The van der Waals surface area contributed by atoms with Crippen LogP contribution in [-0.2, 0) is 16.6 Å². The highest BCUT2D eigenvalue weighted by molar-refractivity contribution is 7.88. The SMILES string of the molecule is COc1cc(CN(C)C2CN(C(=O)N3CCN(S(C)(=O)=O)CC3)CC2c2ccccc2)ccc1F. The van der Waals surface area contributed by atoms with Gasteiger partial charge in [-0.15, -0.1) is 0 Å². The smallest absolute Gasteiger partial charge is 0.320 e. The molecule has 2 aromatic rings. The summed E-state index contributed by atoms with van der Waals surface area (Å²) in [6, 6.07) is 15.1. The molecule has 0 saturated carbocycles. The normalized spacial score (nSPS) is 21.5. The van der Waals surface area contributed by atoms with E-state index in [0.29, 0.717) is 45.8 Å². The lowest BCUT2D eigenvalue weighted by molar-refractivity contribution is 0.138. The minimum atomic E-state index is -3.25. The Labute approximate surface area is 206 Å². The standard InChI is InChI=1S/C25H33FN4O4S/c1-27(16-19-9-10-22(26)24(15-19)34-2)23-18-29(17-21(23)20-7-5-4-6-8-20)25(31)28-11-13-30(14-12-28)35(3,32)33/h4-10,15,21,23H,11-14,16-18H2,1-3H3. The van der Waals surface area contributed by atoms with Crippen LogP contribution in [0, 0.1) is 5.82 Å². The highest BCUT2D eigenvalue weighted by Crippen LogP contribution is 2.32. The minimum absolute atomic E-state index is 0.0570. The number of piperazine rings is 1. The first kappa shape index (κ1) is 25.4. The van der Waals surface area contributed by atoms with Crippen LogP contribution in [0.25, 0.3) is 0 Å². The van der Waals surface area contributed by atoms with Crippen LogP contribution >= 0.6 is 0 Å². The van der Waals surface area contributed by atoms with Crippen LogP contribution in [0.4, 0.5) is 9.18 Å². The summed E-state index contributed by atoms with van der Waals surface area (Å²) in [5, 5.41) is 0. The van der Waals surface area contributed by atoms with Gasteiger partial charge in [-0.25, -0.2) is 17.6 Å². The van der Waals surface area contributed by atoms with E-state index in [2.05, 4.69) is 17.0 Å². The maximum Gasteiger partial charge on any atom is 0.320 e. The number of likely N-dealkylation sites (N-methyl/N-ethyl adjacent to an activating group) is 1. The van der Waals surface area contributed by atoms with Gasteiger partial charge in [-0.1, -0.05) is 36.4 Å². The molecule has 4 rings (SSSR count). The lowest BCUT2D eigenvalue weighted by atomic mass is 9.93. The van der Waals surface area contributed by atoms with Crippen molar-refractivity contribution in [2.75, 3.05) is 59.7 Å². The number of urea groups is 1. The molecule has 2 fully saturated rings. The van der Waals surface area contributed by atoms with Gasteiger partial charge in [0.2, 0.25) is 10.0 Å². The third-order valence-electron chi connectivity index (χ3n) is 6.98. The van der Waals surface area contributed by atoms with E-state index >= 15 is 0 Å². The molecule has 0 aromatic heterocycles. The van der Waals surface area contributed by atoms with Gasteiger partial charge in [-0.05, 0) is 30.3 Å². The van der Waals surface area contributed by atoms with Crippen LogP contribution in [0.1, 0.15) is 17.0 Å². The average Bonchev–Trinajstić information content (AvgIpc) is 3.30. The summed E-state index contributed by atoms with van der Waals surface area (Å²) >= 11 is 0. The van der Waals surface area contributed by atoms with Gasteiger partial charge in [0.1, 0.15) is 0 Å². The van der Waals surface area contributed by atoms with Gasteiger partial charge in [0.05, 0.1) is 13.4 Å². The largest absolute Gasteiger partial charge is 0.494 e. The number of carbonyl (C=O) groups is 1. The number of halogens is 1. The first-order valence-corrected chi connectivity index (χ1v) is 13.6. The number of methoxy groups -OCH3 is 1. The molecular formula is C25H33FN4O4S. The predicted molar refractivity (Wildman–Crippen MR) is 132 cm³/mol. The summed E-state index contributed by atoms with van der Waals surface area (Å²) in [4.78, 5) is 19.2. The molecule has 2 saturated heterocycles. The molecule has 2 atom stereocenters. The summed E-state index contributed by atoms with van der Waals surface area (Å²) < 4.78 is 44.1. The van der Waals surface area contributed by atoms with Crippen LogP contribution < -0.4 is 4.74 Å². The summed E-state index contributed by atoms with van der Waals surface area (Å²) in [5.74, 6) is -0.0635. The lowest BCUT2D eigenvalue weighted by Crippen LogP contribution is -2.53. The fourth-order valence-electron chi connectivity index (χ4n) is 5.04. The van der Waals surface area contributed by atoms with Gasteiger partial charge >= 0.3 is 6.03 Å². The molecule has 10 heteroatoms. The van der Waals surface area contributed by atoms with Crippen molar-refractivity contribution < 1.29 is 22.3 Å². The maximum atomic E-state index is 13.9. The second-order valence-corrected chi connectivity index (χ2v) is 11.3. The lowest BCUT2D eigenvalue weighted by Gasteiger charge is -2.35. The number of hydrogen-bond acceptors (Lipinski definition) is 5. The van der Waals surface area contributed by atoms with Gasteiger partial charge in [0.25, 0.3) is 0 Å². The molecule has 0 radical (unpaired) electrons. The van der Waals surface area contributed by atoms with Crippen molar-refractivity contribution in [2.24, 2.45) is 0 Å². The Balaban J connectivity index is 1.49. The zero-order valence-corrected chi connectivity index (χ0v) is 21.2. The van der Waals surface area contributed by atoms with E-state index in [4.69, 9.17) is 4.74 Å². The fourth-order valence-corrected chi connectivity index (χ4v) is 5.86. The van der Waals surface area contributed by atoms with Gasteiger partial charge in [0, 0.05) is 57.8 Å². The number of sulfonamides is 1. The van der Waals surface area contributed by atoms with Crippen molar-refractivity contribution in [1.29, 1.82) is 0 Å². The molecule has 2 heterocycles. The van der Waals surface area contributed by atoms with Crippen molar-refractivity contribution in [1.82, 2.24) is 19.0 Å². The number of nitrogens with zero attached hydrogens (tertiary/aromatic N) is 4. The van der Waals surface area contributed by atoms with E-state index in [0.717, 1.165) is 5.56 Å². The van der Waals surface area contributed by atoms with E-state index < -0.39 is 15.8 Å². The van der Waals surface area contributed by atoms with Gasteiger partial charge in [0.15, 0.2) is 11.6 Å². The molecule has 2 aliphatic heterocycles. The summed E-state index contributed by atoms with van der Waals surface area (Å²) in [5.41, 5.74) is 2.09. The highest BCUT2D eigenvalue weighted by atomic mass is 32.2. The molecule has 8 nitrogen and oxygen atoms in total. The van der Waals surface area contributed by atoms with E-state index in [1.54, 1.807) is 17.0 Å². The molecular weight excluding hydrogens is 471 g/mol. The van der Waals surface area contributed by atoms with Gasteiger partial charge in [-0.2, -0.15) is 4.31 Å². The molecule has 0 bridgehead atoms. The van der Waals surface area contributed by atoms with Crippen LogP contribution in [0.2, 0.25) is 0 Å². The zero-order valence-electron chi connectivity index (χ0n) is 20.4. The van der Waals surface area contributed by atoms with E-state index in [1.165, 1.54) is 29.3 Å². The monoisotopic (exact) mass is 504 g/mol. The third kappa shape index (κ3) is 5.76. The molecule has 2 aromatic carbocycles. The summed E-state index contributed by atoms with van der Waals surface area (Å²) in [7, 11) is 0.221. The molecule has 2 unspecified atom stereocenters. The number of carbonyl (C=O) groups excluding carboxylic acids is 1. The Morgan fingerprint density at radius 2 is 1.74 bits per heavy atom. The van der Waals surface area contributed by atoms with E-state index in [9.17, 15) is 17.6 Å². The third-order valence-corrected chi connectivity index (χ3v) is 8.28. The summed E-state index contributed by atoms with van der Waals surface area (Å²) in [6.45, 7) is 3.12. The van der Waals surface area contributed by atoms with Crippen molar-refractivity contribution in [3.63, 3.8) is 0 Å². The van der Waals surface area contributed by atoms with Crippen molar-refractivity contribution >= 4 is 16.1 Å². The van der Waals surface area contributed by atoms with Crippen molar-refractivity contribution in [2.45, 2.75) is 18.5 Å². The Kier molecular flexibility index (Phi) is 7.63. The number of benzene rings is 2. The molecule has 0 N–H and O–H groups in total. The topological polar surface area (TPSA) is 73.4 Å². The van der Waals surface area contributed by atoms with E-state index in [1.807, 2.05) is 30.1 Å². The van der Waals surface area contributed by atoms with Gasteiger partial charge < -0.3 is 14.5 Å². The first-order valence-electron chi connectivity index (χ1n) is 11.7. The summed E-state index contributed by atoms with van der Waals surface area (Å²) in [6.07, 6.45) is 1.20. The van der Waals surface area contributed by atoms with Crippen LogP contribution in [0.5, 0.6) is 5.75 Å². The maximum absolute atomic E-state index is 13.9. The average molecular weight is 505 g/mol. The predicted octanol–water partition coefficient (Wildman–Crippen LogP) is 2.43. The Hall–Kier alpha value is -2.69. The van der Waals surface area contributed by atoms with E-state index in [-0.39, 0.29) is 23.7 Å². The first-order chi connectivity index (χ1) is 16.7. The molecule has 190 valence electrons. The minimum Gasteiger partial charge on any atom is -0.494 e. The molecule has 2 amide bonds. The number of hydrogen-bond donors (Lipinski definition) is 0. The quantitative estimate of drug-likeness (QED) is 0.604. The fraction of sp³-hybridized carbons (Fsp3) is 0.480. The van der Waals surface area contributed by atoms with Gasteiger partial charge in [-0.3, -0.25) is 4.90 Å². The highest BCUT2D eigenvalue weighted by Gasteiger charge is 2.40. The number of rotatable bonds is 6.